The van der Waals surface area contributed by atoms with Crippen LogP contribution in [0.3, 0.4) is 0 Å². The minimum atomic E-state index is -3.72. The number of hydrogen-bond donors (Lipinski definition) is 1. The van der Waals surface area contributed by atoms with Crippen molar-refractivity contribution in [2.75, 3.05) is 18.6 Å². The van der Waals surface area contributed by atoms with E-state index >= 15 is 0 Å². The van der Waals surface area contributed by atoms with Crippen LogP contribution in [0.2, 0.25) is 0 Å². The van der Waals surface area contributed by atoms with E-state index < -0.39 is 25.9 Å². The molecule has 0 spiro atoms. The van der Waals surface area contributed by atoms with Crippen molar-refractivity contribution < 1.29 is 16.8 Å². The molecule has 1 saturated heterocycles. The van der Waals surface area contributed by atoms with Gasteiger partial charge in [0, 0.05) is 13.1 Å². The van der Waals surface area contributed by atoms with Crippen LogP contribution in [0.25, 0.3) is 0 Å². The molecule has 1 aliphatic heterocycles. The highest BCUT2D eigenvalue weighted by molar-refractivity contribution is 7.92. The summed E-state index contributed by atoms with van der Waals surface area (Å²) in [7, 11) is -5.41. The highest BCUT2D eigenvalue weighted by Crippen LogP contribution is 2.26. The fourth-order valence-electron chi connectivity index (χ4n) is 2.32. The molecule has 0 bridgehead atoms. The Kier molecular flexibility index (Phi) is 3.48. The monoisotopic (exact) mass is 307 g/mol. The predicted octanol–water partition coefficient (Wildman–Crippen LogP) is -0.166. The summed E-state index contributed by atoms with van der Waals surface area (Å²) in [5.74, 6) is -0.0699. The van der Waals surface area contributed by atoms with Crippen molar-refractivity contribution in [3.05, 3.63) is 11.4 Å². The molecule has 19 heavy (non-hydrogen) atoms. The van der Waals surface area contributed by atoms with Crippen molar-refractivity contribution in [1.29, 1.82) is 0 Å². The summed E-state index contributed by atoms with van der Waals surface area (Å²) in [6, 6.07) is -0.497. The summed E-state index contributed by atoms with van der Waals surface area (Å²) in [5.41, 5.74) is 0.857. The van der Waals surface area contributed by atoms with Crippen LogP contribution in [0, 0.1) is 13.8 Å². The molecule has 1 atom stereocenters. The first-order valence-corrected chi connectivity index (χ1v) is 9.11. The zero-order valence-electron chi connectivity index (χ0n) is 11.0. The number of rotatable bonds is 3. The van der Waals surface area contributed by atoms with E-state index in [4.69, 9.17) is 0 Å². The van der Waals surface area contributed by atoms with E-state index in [9.17, 15) is 16.8 Å². The number of aryl methyl sites for hydroxylation is 2. The number of sulfonamides is 1. The number of nitrogens with zero attached hydrogens (tertiary/aromatic N) is 2. The second kappa shape index (κ2) is 4.57. The van der Waals surface area contributed by atoms with Gasteiger partial charge in [-0.2, -0.15) is 9.40 Å². The Morgan fingerprint density at radius 1 is 1.37 bits per heavy atom. The van der Waals surface area contributed by atoms with E-state index in [0.717, 1.165) is 4.31 Å². The highest BCUT2D eigenvalue weighted by atomic mass is 32.2. The molecule has 1 aliphatic rings. The normalized spacial score (nSPS) is 23.1. The van der Waals surface area contributed by atoms with Gasteiger partial charge in [0.15, 0.2) is 9.84 Å². The third kappa shape index (κ3) is 2.54. The summed E-state index contributed by atoms with van der Waals surface area (Å²) < 4.78 is 49.1. The van der Waals surface area contributed by atoms with Crippen molar-refractivity contribution in [3.8, 4) is 0 Å². The molecule has 0 aliphatic carbocycles. The van der Waals surface area contributed by atoms with Gasteiger partial charge in [0.1, 0.15) is 4.90 Å². The number of nitrogens with one attached hydrogen (secondary N) is 1. The Bertz CT molecular complexity index is 671. The molecular formula is C10H17N3O4S2. The lowest BCUT2D eigenvalue weighted by molar-refractivity contribution is 0.393. The Morgan fingerprint density at radius 2 is 2.00 bits per heavy atom. The van der Waals surface area contributed by atoms with Crippen LogP contribution in [-0.4, -0.2) is 55.9 Å². The standard InChI is InChI=1S/C10H17N3O4S2/c1-7-10(8(2)12-11-7)19(16,17)13(3)9-4-5-18(14,15)6-9/h9H,4-6H2,1-3H3,(H,11,12). The zero-order chi connectivity index (χ0) is 14.4. The Morgan fingerprint density at radius 3 is 2.42 bits per heavy atom. The largest absolute Gasteiger partial charge is 0.281 e. The van der Waals surface area contributed by atoms with Crippen molar-refractivity contribution in [3.63, 3.8) is 0 Å². The van der Waals surface area contributed by atoms with Gasteiger partial charge in [-0.25, -0.2) is 16.8 Å². The van der Waals surface area contributed by atoms with E-state index in [-0.39, 0.29) is 16.4 Å². The molecule has 0 saturated carbocycles. The molecule has 0 radical (unpaired) electrons. The molecule has 1 N–H and O–H groups in total. The molecule has 2 rings (SSSR count). The molecule has 0 amide bonds. The van der Waals surface area contributed by atoms with Crippen molar-refractivity contribution in [1.82, 2.24) is 14.5 Å². The van der Waals surface area contributed by atoms with Crippen LogP contribution in [0.5, 0.6) is 0 Å². The molecule has 9 heteroatoms. The first kappa shape index (κ1) is 14.5. The average molecular weight is 307 g/mol. The maximum absolute atomic E-state index is 12.5. The van der Waals surface area contributed by atoms with Gasteiger partial charge in [-0.3, -0.25) is 5.10 Å². The van der Waals surface area contributed by atoms with Crippen LogP contribution in [0.15, 0.2) is 4.90 Å². The van der Waals surface area contributed by atoms with Crippen molar-refractivity contribution in [2.24, 2.45) is 0 Å². The molecule has 1 aromatic heterocycles. The molecule has 7 nitrogen and oxygen atoms in total. The predicted molar refractivity (Wildman–Crippen MR) is 70.1 cm³/mol. The second-order valence-corrected chi connectivity index (χ2v) is 9.00. The van der Waals surface area contributed by atoms with E-state index in [0.29, 0.717) is 17.8 Å². The van der Waals surface area contributed by atoms with Crippen LogP contribution in [0.1, 0.15) is 17.8 Å². The average Bonchev–Trinajstić information content (AvgIpc) is 2.81. The fraction of sp³-hybridized carbons (Fsp3) is 0.700. The van der Waals surface area contributed by atoms with Crippen LogP contribution < -0.4 is 0 Å². The Labute approximate surface area is 113 Å². The number of hydrogen-bond acceptors (Lipinski definition) is 5. The second-order valence-electron chi connectivity index (χ2n) is 4.84. The fourth-order valence-corrected chi connectivity index (χ4v) is 5.90. The third-order valence-corrected chi connectivity index (χ3v) is 7.34. The summed E-state index contributed by atoms with van der Waals surface area (Å²) in [6.07, 6.45) is 0.341. The van der Waals surface area contributed by atoms with E-state index in [1.165, 1.54) is 7.05 Å². The topological polar surface area (TPSA) is 100 Å². The molecule has 1 unspecified atom stereocenters. The summed E-state index contributed by atoms with van der Waals surface area (Å²) in [6.45, 7) is 3.24. The maximum Gasteiger partial charge on any atom is 0.246 e. The number of sulfone groups is 1. The molecular weight excluding hydrogens is 290 g/mol. The van der Waals surface area contributed by atoms with Crippen molar-refractivity contribution in [2.45, 2.75) is 31.2 Å². The van der Waals surface area contributed by atoms with Gasteiger partial charge >= 0.3 is 0 Å². The van der Waals surface area contributed by atoms with Gasteiger partial charge < -0.3 is 0 Å². The Hall–Kier alpha value is -0.930. The zero-order valence-corrected chi connectivity index (χ0v) is 12.7. The lowest BCUT2D eigenvalue weighted by Crippen LogP contribution is -2.38. The van der Waals surface area contributed by atoms with Gasteiger partial charge in [0.2, 0.25) is 10.0 Å². The lowest BCUT2D eigenvalue weighted by Gasteiger charge is -2.22. The number of aromatic amines is 1. The maximum atomic E-state index is 12.5. The summed E-state index contributed by atoms with van der Waals surface area (Å²) in [4.78, 5) is 0.138. The molecule has 0 aromatic carbocycles. The van der Waals surface area contributed by atoms with Crippen LogP contribution in [0.4, 0.5) is 0 Å². The highest BCUT2D eigenvalue weighted by Gasteiger charge is 2.38. The lowest BCUT2D eigenvalue weighted by atomic mass is 10.3. The third-order valence-electron chi connectivity index (χ3n) is 3.42. The summed E-state index contributed by atoms with van der Waals surface area (Å²) in [5, 5.41) is 6.50. The SMILES string of the molecule is Cc1n[nH]c(C)c1S(=O)(=O)N(C)C1CCS(=O)(=O)C1. The minimum Gasteiger partial charge on any atom is -0.281 e. The van der Waals surface area contributed by atoms with E-state index in [1.54, 1.807) is 13.8 Å². The Balaban J connectivity index is 2.36. The van der Waals surface area contributed by atoms with E-state index in [2.05, 4.69) is 10.2 Å². The summed E-state index contributed by atoms with van der Waals surface area (Å²) >= 11 is 0. The minimum absolute atomic E-state index is 0.0425. The molecule has 1 fully saturated rings. The van der Waals surface area contributed by atoms with Crippen molar-refractivity contribution >= 4 is 19.9 Å². The van der Waals surface area contributed by atoms with Gasteiger partial charge in [0.25, 0.3) is 0 Å². The molecule has 1 aromatic rings. The van der Waals surface area contributed by atoms with Gasteiger partial charge in [-0.05, 0) is 20.3 Å². The smallest absolute Gasteiger partial charge is 0.246 e. The molecule has 2 heterocycles. The van der Waals surface area contributed by atoms with E-state index in [1.807, 2.05) is 0 Å². The van der Waals surface area contributed by atoms with Gasteiger partial charge in [0.05, 0.1) is 22.9 Å². The molecule has 108 valence electrons. The number of aromatic nitrogens is 2. The van der Waals surface area contributed by atoms with Gasteiger partial charge in [-0.1, -0.05) is 0 Å². The quantitative estimate of drug-likeness (QED) is 0.836. The van der Waals surface area contributed by atoms with Crippen LogP contribution >= 0.6 is 0 Å². The van der Waals surface area contributed by atoms with Gasteiger partial charge in [-0.15, -0.1) is 0 Å². The van der Waals surface area contributed by atoms with Crippen LogP contribution in [-0.2, 0) is 19.9 Å². The first-order chi connectivity index (χ1) is 8.65. The number of H-pyrrole nitrogens is 1. The first-order valence-electron chi connectivity index (χ1n) is 5.85.